The van der Waals surface area contributed by atoms with Crippen LogP contribution in [0.5, 0.6) is 0 Å². The molecule has 1 saturated heterocycles. The molecule has 2 unspecified atom stereocenters. The van der Waals surface area contributed by atoms with Crippen LogP contribution < -0.4 is 0 Å². The molecule has 0 saturated carbocycles. The van der Waals surface area contributed by atoms with Gasteiger partial charge in [0.05, 0.1) is 13.2 Å². The predicted octanol–water partition coefficient (Wildman–Crippen LogP) is 2.50. The first-order valence-electron chi connectivity index (χ1n) is 5.48. The van der Waals surface area contributed by atoms with Gasteiger partial charge in [-0.1, -0.05) is 25.2 Å². The van der Waals surface area contributed by atoms with Crippen molar-refractivity contribution in [3.63, 3.8) is 0 Å². The lowest BCUT2D eigenvalue weighted by molar-refractivity contribution is -0.114. The zero-order valence-corrected chi connectivity index (χ0v) is 9.51. The molecule has 0 aromatic rings. The predicted molar refractivity (Wildman–Crippen MR) is 59.6 cm³/mol. The molecule has 0 spiro atoms. The molecule has 2 heteroatoms. The molecular weight excluding hydrogens is 188 g/mol. The Morgan fingerprint density at radius 2 is 2.40 bits per heavy atom. The van der Waals surface area contributed by atoms with Crippen molar-refractivity contribution in [3.8, 4) is 0 Å². The number of ketones is 1. The maximum absolute atomic E-state index is 11.5. The smallest absolute Gasteiger partial charge is 0.155 e. The summed E-state index contributed by atoms with van der Waals surface area (Å²) in [6.07, 6.45) is 3.72. The Kier molecular flexibility index (Phi) is 2.55. The van der Waals surface area contributed by atoms with Crippen molar-refractivity contribution < 1.29 is 9.53 Å². The van der Waals surface area contributed by atoms with Crippen LogP contribution in [-0.2, 0) is 9.53 Å². The summed E-state index contributed by atoms with van der Waals surface area (Å²) in [6.45, 7) is 9.50. The molecule has 2 atom stereocenters. The minimum absolute atomic E-state index is 0.0884. The van der Waals surface area contributed by atoms with E-state index in [1.54, 1.807) is 6.92 Å². The van der Waals surface area contributed by atoms with Gasteiger partial charge in [0.15, 0.2) is 5.78 Å². The molecule has 0 N–H and O–H groups in total. The maximum atomic E-state index is 11.5. The molecule has 1 aliphatic heterocycles. The summed E-state index contributed by atoms with van der Waals surface area (Å²) < 4.78 is 5.55. The van der Waals surface area contributed by atoms with Crippen LogP contribution in [0, 0.1) is 11.3 Å². The van der Waals surface area contributed by atoms with Crippen molar-refractivity contribution in [2.45, 2.75) is 26.7 Å². The second kappa shape index (κ2) is 3.60. The Morgan fingerprint density at radius 1 is 1.67 bits per heavy atom. The van der Waals surface area contributed by atoms with Crippen molar-refractivity contribution in [1.29, 1.82) is 0 Å². The number of Topliss-reactive ketones (excluding diaryl/α,β-unsaturated/α-hetero) is 1. The van der Waals surface area contributed by atoms with Crippen LogP contribution in [0.15, 0.2) is 23.8 Å². The fraction of sp³-hybridized carbons (Fsp3) is 0.615. The Hall–Kier alpha value is -0.890. The van der Waals surface area contributed by atoms with Gasteiger partial charge in [-0.15, -0.1) is 0 Å². The quantitative estimate of drug-likeness (QED) is 0.616. The van der Waals surface area contributed by atoms with E-state index in [1.165, 1.54) is 5.57 Å². The van der Waals surface area contributed by atoms with E-state index in [0.717, 1.165) is 31.6 Å². The first-order chi connectivity index (χ1) is 7.03. The van der Waals surface area contributed by atoms with Gasteiger partial charge in [0.25, 0.3) is 0 Å². The summed E-state index contributed by atoms with van der Waals surface area (Å²) in [5.41, 5.74) is 2.25. The molecule has 0 amide bonds. The number of allylic oxidation sites excluding steroid dienone is 2. The van der Waals surface area contributed by atoms with E-state index < -0.39 is 0 Å². The monoisotopic (exact) mass is 206 g/mol. The van der Waals surface area contributed by atoms with E-state index in [4.69, 9.17) is 4.74 Å². The van der Waals surface area contributed by atoms with Crippen LogP contribution in [0.25, 0.3) is 0 Å². The standard InChI is InChI=1S/C13H18O2/c1-9-4-5-11(10(2)14)6-13(3)8-15-7-12(9)13/h5,12H,1,4,6-8H2,2-3H3. The molecule has 2 aliphatic rings. The van der Waals surface area contributed by atoms with Gasteiger partial charge < -0.3 is 4.74 Å². The van der Waals surface area contributed by atoms with Gasteiger partial charge in [0.2, 0.25) is 0 Å². The molecule has 82 valence electrons. The average Bonchev–Trinajstić information content (AvgIpc) is 2.49. The zero-order valence-electron chi connectivity index (χ0n) is 9.51. The summed E-state index contributed by atoms with van der Waals surface area (Å²) in [6, 6.07) is 0. The molecule has 2 nitrogen and oxygen atoms in total. The van der Waals surface area contributed by atoms with Crippen LogP contribution in [0.1, 0.15) is 26.7 Å². The first-order valence-corrected chi connectivity index (χ1v) is 5.48. The number of carbonyl (C=O) groups is 1. The van der Waals surface area contributed by atoms with Crippen LogP contribution >= 0.6 is 0 Å². The average molecular weight is 206 g/mol. The minimum Gasteiger partial charge on any atom is -0.380 e. The van der Waals surface area contributed by atoms with Gasteiger partial charge >= 0.3 is 0 Å². The molecule has 15 heavy (non-hydrogen) atoms. The fourth-order valence-electron chi connectivity index (χ4n) is 2.67. The fourth-order valence-corrected chi connectivity index (χ4v) is 2.67. The number of fused-ring (bicyclic) bond motifs is 1. The van der Waals surface area contributed by atoms with Crippen LogP contribution in [0.2, 0.25) is 0 Å². The Morgan fingerprint density at radius 3 is 3.07 bits per heavy atom. The van der Waals surface area contributed by atoms with E-state index in [1.807, 2.05) is 6.08 Å². The summed E-state index contributed by atoms with van der Waals surface area (Å²) in [5, 5.41) is 0. The van der Waals surface area contributed by atoms with Gasteiger partial charge in [-0.25, -0.2) is 0 Å². The highest BCUT2D eigenvalue weighted by molar-refractivity contribution is 5.93. The highest BCUT2D eigenvalue weighted by Gasteiger charge is 2.43. The van der Waals surface area contributed by atoms with Gasteiger partial charge in [-0.3, -0.25) is 4.79 Å². The summed E-state index contributed by atoms with van der Waals surface area (Å²) >= 11 is 0. The summed E-state index contributed by atoms with van der Waals surface area (Å²) in [7, 11) is 0. The number of hydrogen-bond acceptors (Lipinski definition) is 2. The van der Waals surface area contributed by atoms with Gasteiger partial charge in [0.1, 0.15) is 0 Å². The van der Waals surface area contributed by atoms with Crippen LogP contribution in [0.3, 0.4) is 0 Å². The largest absolute Gasteiger partial charge is 0.380 e. The van der Waals surface area contributed by atoms with Gasteiger partial charge in [0, 0.05) is 11.3 Å². The Balaban J connectivity index is 2.31. The van der Waals surface area contributed by atoms with Gasteiger partial charge in [-0.05, 0) is 25.3 Å². The third kappa shape index (κ3) is 1.78. The SMILES string of the molecule is C=C1CC=C(C(C)=O)CC2(C)COCC12. The first kappa shape index (κ1) is 10.6. The van der Waals surface area contributed by atoms with E-state index >= 15 is 0 Å². The minimum atomic E-state index is 0.0884. The van der Waals surface area contributed by atoms with Crippen LogP contribution in [-0.4, -0.2) is 19.0 Å². The van der Waals surface area contributed by atoms with Crippen molar-refractivity contribution in [2.24, 2.45) is 11.3 Å². The van der Waals surface area contributed by atoms with Crippen molar-refractivity contribution in [1.82, 2.24) is 0 Å². The highest BCUT2D eigenvalue weighted by Crippen LogP contribution is 2.46. The maximum Gasteiger partial charge on any atom is 0.155 e. The summed E-state index contributed by atoms with van der Waals surface area (Å²) in [5.74, 6) is 0.613. The number of rotatable bonds is 1. The molecule has 0 aromatic heterocycles. The third-order valence-electron chi connectivity index (χ3n) is 3.71. The molecule has 0 aromatic carbocycles. The summed E-state index contributed by atoms with van der Waals surface area (Å²) in [4.78, 5) is 11.5. The zero-order chi connectivity index (χ0) is 11.1. The van der Waals surface area contributed by atoms with Crippen molar-refractivity contribution in [3.05, 3.63) is 23.8 Å². The normalized spacial score (nSPS) is 35.7. The van der Waals surface area contributed by atoms with E-state index in [0.29, 0.717) is 5.92 Å². The molecule has 1 aliphatic carbocycles. The highest BCUT2D eigenvalue weighted by atomic mass is 16.5. The van der Waals surface area contributed by atoms with Gasteiger partial charge in [-0.2, -0.15) is 0 Å². The molecule has 1 heterocycles. The van der Waals surface area contributed by atoms with E-state index in [9.17, 15) is 4.79 Å². The van der Waals surface area contributed by atoms with Crippen molar-refractivity contribution in [2.75, 3.05) is 13.2 Å². The van der Waals surface area contributed by atoms with E-state index in [-0.39, 0.29) is 11.2 Å². The number of ether oxygens (including phenoxy) is 1. The second-order valence-electron chi connectivity index (χ2n) is 5.05. The number of hydrogen-bond donors (Lipinski definition) is 0. The Bertz CT molecular complexity index is 340. The lowest BCUT2D eigenvalue weighted by Gasteiger charge is -2.29. The Labute approximate surface area is 91.0 Å². The van der Waals surface area contributed by atoms with E-state index in [2.05, 4.69) is 13.5 Å². The van der Waals surface area contributed by atoms with Crippen molar-refractivity contribution >= 4 is 5.78 Å². The lowest BCUT2D eigenvalue weighted by atomic mass is 9.73. The third-order valence-corrected chi connectivity index (χ3v) is 3.71. The molecular formula is C13H18O2. The molecule has 0 radical (unpaired) electrons. The topological polar surface area (TPSA) is 26.3 Å². The molecule has 1 fully saturated rings. The number of carbonyl (C=O) groups excluding carboxylic acids is 1. The second-order valence-corrected chi connectivity index (χ2v) is 5.05. The molecule has 0 bridgehead atoms. The lowest BCUT2D eigenvalue weighted by Crippen LogP contribution is -2.27. The van der Waals surface area contributed by atoms with Crippen LogP contribution in [0.4, 0.5) is 0 Å². The molecule has 2 rings (SSSR count).